The van der Waals surface area contributed by atoms with Gasteiger partial charge in [0, 0.05) is 11.8 Å². The SMILES string of the molecule is CC1=CC(=O)CC(n2ncc(C(=O)Nc3nc4ccccc4s3)c2C)=N1. The van der Waals surface area contributed by atoms with Crippen molar-refractivity contribution in [3.05, 3.63) is 53.5 Å². The molecule has 1 aromatic carbocycles. The highest BCUT2D eigenvalue weighted by atomic mass is 32.1. The van der Waals surface area contributed by atoms with Gasteiger partial charge in [-0.05, 0) is 26.0 Å². The second-order valence-corrected chi connectivity index (χ2v) is 6.98. The summed E-state index contributed by atoms with van der Waals surface area (Å²) in [7, 11) is 0. The molecule has 7 nitrogen and oxygen atoms in total. The van der Waals surface area contributed by atoms with Gasteiger partial charge in [0.2, 0.25) is 0 Å². The van der Waals surface area contributed by atoms with Crippen molar-refractivity contribution in [1.29, 1.82) is 0 Å². The second-order valence-electron chi connectivity index (χ2n) is 5.95. The van der Waals surface area contributed by atoms with E-state index in [0.717, 1.165) is 10.2 Å². The van der Waals surface area contributed by atoms with Gasteiger partial charge in [-0.1, -0.05) is 23.5 Å². The average molecular weight is 365 g/mol. The number of benzene rings is 1. The number of aromatic nitrogens is 3. The van der Waals surface area contributed by atoms with Crippen LogP contribution in [0.1, 0.15) is 29.4 Å². The van der Waals surface area contributed by atoms with Crippen LogP contribution in [0.2, 0.25) is 0 Å². The summed E-state index contributed by atoms with van der Waals surface area (Å²) in [4.78, 5) is 33.1. The van der Waals surface area contributed by atoms with Crippen LogP contribution in [0.15, 0.2) is 47.2 Å². The lowest BCUT2D eigenvalue weighted by atomic mass is 10.2. The minimum absolute atomic E-state index is 0.0251. The van der Waals surface area contributed by atoms with E-state index in [1.165, 1.54) is 23.6 Å². The van der Waals surface area contributed by atoms with Gasteiger partial charge in [0.15, 0.2) is 10.9 Å². The van der Waals surface area contributed by atoms with E-state index in [-0.39, 0.29) is 18.1 Å². The Kier molecular flexibility index (Phi) is 3.96. The molecule has 4 rings (SSSR count). The van der Waals surface area contributed by atoms with E-state index in [0.29, 0.717) is 27.9 Å². The van der Waals surface area contributed by atoms with Crippen LogP contribution < -0.4 is 5.32 Å². The molecule has 3 heterocycles. The van der Waals surface area contributed by atoms with Crippen molar-refractivity contribution >= 4 is 44.2 Å². The number of nitrogens with zero attached hydrogens (tertiary/aromatic N) is 4. The lowest BCUT2D eigenvalue weighted by molar-refractivity contribution is -0.113. The van der Waals surface area contributed by atoms with Crippen molar-refractivity contribution in [2.24, 2.45) is 4.99 Å². The Morgan fingerprint density at radius 3 is 2.85 bits per heavy atom. The molecule has 1 aliphatic heterocycles. The monoisotopic (exact) mass is 365 g/mol. The Labute approximate surface area is 153 Å². The highest BCUT2D eigenvalue weighted by molar-refractivity contribution is 7.22. The van der Waals surface area contributed by atoms with Crippen LogP contribution in [0.4, 0.5) is 5.13 Å². The average Bonchev–Trinajstić information content (AvgIpc) is 3.16. The number of fused-ring (bicyclic) bond motifs is 1. The molecule has 0 fully saturated rings. The van der Waals surface area contributed by atoms with E-state index in [2.05, 4.69) is 20.4 Å². The molecule has 0 radical (unpaired) electrons. The van der Waals surface area contributed by atoms with E-state index in [1.807, 2.05) is 24.3 Å². The standard InChI is InChI=1S/C18H15N5O2S/c1-10-7-12(24)8-16(20-10)23-11(2)13(9-19-23)17(25)22-18-21-14-5-3-4-6-15(14)26-18/h3-7,9H,8H2,1-2H3,(H,21,22,25). The van der Waals surface area contributed by atoms with Crippen molar-refractivity contribution < 1.29 is 9.59 Å². The molecule has 1 amide bonds. The van der Waals surface area contributed by atoms with Gasteiger partial charge < -0.3 is 0 Å². The molecule has 1 N–H and O–H groups in total. The van der Waals surface area contributed by atoms with Crippen molar-refractivity contribution in [3.63, 3.8) is 0 Å². The fourth-order valence-electron chi connectivity index (χ4n) is 2.82. The number of amides is 1. The fraction of sp³-hybridized carbons (Fsp3) is 0.167. The maximum absolute atomic E-state index is 12.6. The molecule has 0 saturated carbocycles. The summed E-state index contributed by atoms with van der Waals surface area (Å²) < 4.78 is 2.55. The summed E-state index contributed by atoms with van der Waals surface area (Å²) in [6, 6.07) is 7.70. The van der Waals surface area contributed by atoms with Crippen LogP contribution in [0.3, 0.4) is 0 Å². The van der Waals surface area contributed by atoms with Crippen molar-refractivity contribution in [3.8, 4) is 0 Å². The smallest absolute Gasteiger partial charge is 0.260 e. The number of hydrogen-bond acceptors (Lipinski definition) is 6. The molecular formula is C18H15N5O2S. The van der Waals surface area contributed by atoms with Crippen LogP contribution in [-0.2, 0) is 4.79 Å². The number of carbonyl (C=O) groups excluding carboxylic acids is 2. The number of allylic oxidation sites excluding steroid dienone is 2. The predicted molar refractivity (Wildman–Crippen MR) is 101 cm³/mol. The number of ketones is 1. The molecule has 130 valence electrons. The summed E-state index contributed by atoms with van der Waals surface area (Å²) in [6.45, 7) is 3.54. The molecule has 1 aliphatic rings. The van der Waals surface area contributed by atoms with E-state index >= 15 is 0 Å². The topological polar surface area (TPSA) is 89.2 Å². The molecule has 26 heavy (non-hydrogen) atoms. The minimum atomic E-state index is -0.289. The number of rotatable bonds is 2. The van der Waals surface area contributed by atoms with Crippen molar-refractivity contribution in [1.82, 2.24) is 14.8 Å². The first-order chi connectivity index (χ1) is 12.5. The van der Waals surface area contributed by atoms with Crippen molar-refractivity contribution in [2.45, 2.75) is 20.3 Å². The summed E-state index contributed by atoms with van der Waals surface area (Å²) in [5.74, 6) is 0.206. The third-order valence-electron chi connectivity index (χ3n) is 4.02. The lowest BCUT2D eigenvalue weighted by Crippen LogP contribution is -2.22. The number of hydrogen-bond donors (Lipinski definition) is 1. The van der Waals surface area contributed by atoms with Crippen LogP contribution in [0.25, 0.3) is 10.2 Å². The van der Waals surface area contributed by atoms with E-state index in [9.17, 15) is 9.59 Å². The molecule has 0 bridgehead atoms. The maximum atomic E-state index is 12.6. The van der Waals surface area contributed by atoms with Crippen LogP contribution in [-0.4, -0.2) is 32.3 Å². The zero-order valence-electron chi connectivity index (χ0n) is 14.2. The van der Waals surface area contributed by atoms with Gasteiger partial charge in [0.05, 0.1) is 34.1 Å². The Bertz CT molecular complexity index is 1070. The molecule has 0 aliphatic carbocycles. The summed E-state index contributed by atoms with van der Waals surface area (Å²) in [5.41, 5.74) is 2.53. The number of nitrogens with one attached hydrogen (secondary N) is 1. The Morgan fingerprint density at radius 2 is 2.08 bits per heavy atom. The molecule has 8 heteroatoms. The third-order valence-corrected chi connectivity index (χ3v) is 4.97. The predicted octanol–water partition coefficient (Wildman–Crippen LogP) is 3.18. The van der Waals surface area contributed by atoms with E-state index in [1.54, 1.807) is 18.5 Å². The normalized spacial score (nSPS) is 14.3. The first-order valence-electron chi connectivity index (χ1n) is 8.02. The van der Waals surface area contributed by atoms with Gasteiger partial charge in [0.1, 0.15) is 5.84 Å². The number of aliphatic imine (C=N–C) groups is 1. The maximum Gasteiger partial charge on any atom is 0.260 e. The van der Waals surface area contributed by atoms with E-state index in [4.69, 9.17) is 0 Å². The van der Waals surface area contributed by atoms with Gasteiger partial charge >= 0.3 is 0 Å². The zero-order chi connectivity index (χ0) is 18.3. The highest BCUT2D eigenvalue weighted by Gasteiger charge is 2.21. The molecule has 0 spiro atoms. The number of anilines is 1. The molecule has 0 atom stereocenters. The summed E-state index contributed by atoms with van der Waals surface area (Å²) >= 11 is 1.42. The summed E-state index contributed by atoms with van der Waals surface area (Å²) in [6.07, 6.45) is 3.15. The van der Waals surface area contributed by atoms with Crippen LogP contribution in [0.5, 0.6) is 0 Å². The highest BCUT2D eigenvalue weighted by Crippen LogP contribution is 2.26. The first-order valence-corrected chi connectivity index (χ1v) is 8.83. The summed E-state index contributed by atoms with van der Waals surface area (Å²) in [5, 5.41) is 7.60. The van der Waals surface area contributed by atoms with Gasteiger partial charge in [0.25, 0.3) is 5.91 Å². The van der Waals surface area contributed by atoms with E-state index < -0.39 is 0 Å². The number of thiazole rings is 1. The Morgan fingerprint density at radius 1 is 1.27 bits per heavy atom. The molecular weight excluding hydrogens is 350 g/mol. The molecule has 3 aromatic rings. The minimum Gasteiger partial charge on any atom is -0.298 e. The third kappa shape index (κ3) is 2.95. The van der Waals surface area contributed by atoms with Crippen molar-refractivity contribution in [2.75, 3.05) is 5.32 Å². The van der Waals surface area contributed by atoms with Gasteiger partial charge in [-0.3, -0.25) is 14.9 Å². The Hall–Kier alpha value is -3.13. The quantitative estimate of drug-likeness (QED) is 0.755. The van der Waals surface area contributed by atoms with Crippen LogP contribution in [0, 0.1) is 6.92 Å². The van der Waals surface area contributed by atoms with Crippen LogP contribution >= 0.6 is 11.3 Å². The fourth-order valence-corrected chi connectivity index (χ4v) is 3.68. The molecule has 0 unspecified atom stereocenters. The van der Waals surface area contributed by atoms with Gasteiger partial charge in [-0.15, -0.1) is 0 Å². The van der Waals surface area contributed by atoms with Gasteiger partial charge in [-0.25, -0.2) is 14.7 Å². The van der Waals surface area contributed by atoms with Gasteiger partial charge in [-0.2, -0.15) is 5.10 Å². The number of para-hydroxylation sites is 1. The largest absolute Gasteiger partial charge is 0.298 e. The number of carbonyl (C=O) groups is 2. The Balaban J connectivity index is 1.60. The zero-order valence-corrected chi connectivity index (χ0v) is 15.0. The molecule has 0 saturated heterocycles. The second kappa shape index (κ2) is 6.30. The lowest BCUT2D eigenvalue weighted by Gasteiger charge is -2.11. The molecule has 2 aromatic heterocycles. The first kappa shape index (κ1) is 16.3.